The van der Waals surface area contributed by atoms with Crippen molar-refractivity contribution >= 4 is 17.2 Å². The van der Waals surface area contributed by atoms with Gasteiger partial charge in [0.1, 0.15) is 17.5 Å². The van der Waals surface area contributed by atoms with Gasteiger partial charge in [-0.3, -0.25) is 4.98 Å². The molecule has 0 amide bonds. The van der Waals surface area contributed by atoms with Crippen LogP contribution >= 0.6 is 0 Å². The normalized spacial score (nSPS) is 23.9. The maximum Gasteiger partial charge on any atom is 0.166 e. The Hall–Kier alpha value is -3.59. The molecule has 0 unspecified atom stereocenters. The van der Waals surface area contributed by atoms with E-state index in [2.05, 4.69) is 14.9 Å². The molecule has 4 aromatic rings. The summed E-state index contributed by atoms with van der Waals surface area (Å²) in [4.78, 5) is 14.0. The SMILES string of the molecule is OC1CCN(c2ccc(-c3cnn4ccc(N5CC[C@H]6C[C@]65c5cc(F)ccc5F)nc34)nc2)CC1. The fourth-order valence-corrected chi connectivity index (χ4v) is 6.14. The van der Waals surface area contributed by atoms with Gasteiger partial charge in [-0.05, 0) is 68.0 Å². The molecular weight excluding hydrogens is 462 g/mol. The maximum absolute atomic E-state index is 14.8. The van der Waals surface area contributed by atoms with Gasteiger partial charge in [-0.1, -0.05) is 0 Å². The molecule has 184 valence electrons. The van der Waals surface area contributed by atoms with Crippen molar-refractivity contribution in [1.82, 2.24) is 19.6 Å². The second-order valence-electron chi connectivity index (χ2n) is 10.1. The Kier molecular flexibility index (Phi) is 4.79. The highest BCUT2D eigenvalue weighted by Crippen LogP contribution is 2.63. The molecule has 1 N–H and O–H groups in total. The fourth-order valence-electron chi connectivity index (χ4n) is 6.14. The lowest BCUT2D eigenvalue weighted by molar-refractivity contribution is 0.145. The number of piperidine rings is 2. The smallest absolute Gasteiger partial charge is 0.166 e. The Morgan fingerprint density at radius 1 is 0.972 bits per heavy atom. The summed E-state index contributed by atoms with van der Waals surface area (Å²) in [7, 11) is 0. The topological polar surface area (TPSA) is 69.8 Å². The van der Waals surface area contributed by atoms with Gasteiger partial charge in [-0.2, -0.15) is 5.10 Å². The largest absolute Gasteiger partial charge is 0.393 e. The molecule has 3 fully saturated rings. The van der Waals surface area contributed by atoms with Crippen molar-refractivity contribution in [1.29, 1.82) is 0 Å². The van der Waals surface area contributed by atoms with E-state index in [0.717, 1.165) is 68.1 Å². The first-order valence-electron chi connectivity index (χ1n) is 12.5. The molecular formula is C27H26F2N6O. The molecule has 9 heteroatoms. The van der Waals surface area contributed by atoms with Gasteiger partial charge >= 0.3 is 0 Å². The molecule has 5 heterocycles. The van der Waals surface area contributed by atoms with Crippen LogP contribution in [0, 0.1) is 17.6 Å². The summed E-state index contributed by atoms with van der Waals surface area (Å²) in [6.45, 7) is 2.37. The Labute approximate surface area is 207 Å². The molecule has 2 aliphatic heterocycles. The predicted octanol–water partition coefficient (Wildman–Crippen LogP) is 4.16. The Morgan fingerprint density at radius 2 is 1.83 bits per heavy atom. The van der Waals surface area contributed by atoms with Crippen molar-refractivity contribution in [2.75, 3.05) is 29.4 Å². The minimum atomic E-state index is -0.542. The first-order valence-corrected chi connectivity index (χ1v) is 12.5. The van der Waals surface area contributed by atoms with E-state index in [4.69, 9.17) is 9.97 Å². The molecule has 2 saturated heterocycles. The second-order valence-corrected chi connectivity index (χ2v) is 10.1. The number of aliphatic hydroxyl groups is 1. The number of halogens is 2. The Balaban J connectivity index is 1.22. The number of hydrogen-bond donors (Lipinski definition) is 1. The van der Waals surface area contributed by atoms with Crippen LogP contribution in [0.3, 0.4) is 0 Å². The monoisotopic (exact) mass is 488 g/mol. The van der Waals surface area contributed by atoms with Crippen LogP contribution in [-0.2, 0) is 5.54 Å². The standard InChI is InChI=1S/C27H26F2N6O/c28-18-1-3-23(29)22(13-18)27-14-17(27)5-11-34(27)25-8-12-35-26(32-25)21(16-31-35)24-4-2-19(15-30-24)33-9-6-20(36)7-10-33/h1-4,8,12-13,15-17,20,36H,5-7,9-11,14H2/t17-,27+/m0/s1. The summed E-state index contributed by atoms with van der Waals surface area (Å²) < 4.78 is 30.6. The van der Waals surface area contributed by atoms with Crippen LogP contribution in [0.5, 0.6) is 0 Å². The van der Waals surface area contributed by atoms with Gasteiger partial charge in [-0.15, -0.1) is 0 Å². The highest BCUT2D eigenvalue weighted by Gasteiger charge is 2.64. The number of aliphatic hydroxyl groups excluding tert-OH is 1. The number of aromatic nitrogens is 4. The molecule has 36 heavy (non-hydrogen) atoms. The van der Waals surface area contributed by atoms with Gasteiger partial charge in [0.2, 0.25) is 0 Å². The number of benzene rings is 1. The highest BCUT2D eigenvalue weighted by atomic mass is 19.1. The molecule has 7 rings (SSSR count). The third kappa shape index (κ3) is 3.29. The third-order valence-electron chi connectivity index (χ3n) is 8.13. The summed E-state index contributed by atoms with van der Waals surface area (Å²) in [5, 5.41) is 14.2. The molecule has 7 nitrogen and oxygen atoms in total. The first-order chi connectivity index (χ1) is 17.5. The van der Waals surface area contributed by atoms with Gasteiger partial charge in [0.25, 0.3) is 0 Å². The van der Waals surface area contributed by atoms with Gasteiger partial charge in [-0.25, -0.2) is 18.3 Å². The van der Waals surface area contributed by atoms with Crippen molar-refractivity contribution in [2.45, 2.75) is 37.3 Å². The lowest BCUT2D eigenvalue weighted by atomic mass is 10.0. The summed E-state index contributed by atoms with van der Waals surface area (Å²) in [6, 6.07) is 9.64. The number of pyridine rings is 1. The first kappa shape index (κ1) is 21.7. The van der Waals surface area contributed by atoms with E-state index in [1.807, 2.05) is 30.6 Å². The molecule has 2 atom stereocenters. The van der Waals surface area contributed by atoms with Crippen molar-refractivity contribution in [2.24, 2.45) is 5.92 Å². The molecule has 0 radical (unpaired) electrons. The number of fused-ring (bicyclic) bond motifs is 2. The molecule has 1 saturated carbocycles. The Morgan fingerprint density at radius 3 is 2.61 bits per heavy atom. The van der Waals surface area contributed by atoms with Crippen LogP contribution in [0.1, 0.15) is 31.2 Å². The predicted molar refractivity (Wildman–Crippen MR) is 132 cm³/mol. The van der Waals surface area contributed by atoms with E-state index >= 15 is 0 Å². The van der Waals surface area contributed by atoms with Crippen LogP contribution in [0.2, 0.25) is 0 Å². The van der Waals surface area contributed by atoms with Gasteiger partial charge in [0.15, 0.2) is 5.65 Å². The summed E-state index contributed by atoms with van der Waals surface area (Å²) in [5.74, 6) is 0.233. The molecule has 0 bridgehead atoms. The molecule has 3 aliphatic rings. The lowest BCUT2D eigenvalue weighted by Crippen LogP contribution is -2.35. The average Bonchev–Trinajstić information content (AvgIpc) is 3.27. The van der Waals surface area contributed by atoms with Crippen LogP contribution < -0.4 is 9.80 Å². The zero-order valence-electron chi connectivity index (χ0n) is 19.7. The third-order valence-corrected chi connectivity index (χ3v) is 8.13. The highest BCUT2D eigenvalue weighted by molar-refractivity contribution is 5.76. The van der Waals surface area contributed by atoms with E-state index in [0.29, 0.717) is 17.1 Å². The maximum atomic E-state index is 14.8. The van der Waals surface area contributed by atoms with E-state index in [1.54, 1.807) is 10.7 Å². The van der Waals surface area contributed by atoms with Crippen molar-refractivity contribution in [3.05, 3.63) is 72.2 Å². The van der Waals surface area contributed by atoms with E-state index in [9.17, 15) is 13.9 Å². The zero-order chi connectivity index (χ0) is 24.4. The van der Waals surface area contributed by atoms with Gasteiger partial charge in [0, 0.05) is 31.4 Å². The lowest BCUT2D eigenvalue weighted by Gasteiger charge is -2.31. The van der Waals surface area contributed by atoms with Crippen molar-refractivity contribution in [3.8, 4) is 11.3 Å². The average molecular weight is 489 g/mol. The second kappa shape index (κ2) is 7.96. The van der Waals surface area contributed by atoms with Crippen LogP contribution in [0.4, 0.5) is 20.3 Å². The fraction of sp³-hybridized carbons (Fsp3) is 0.370. The molecule has 0 spiro atoms. The molecule has 1 aromatic carbocycles. The molecule has 1 aliphatic carbocycles. The Bertz CT molecular complexity index is 1450. The van der Waals surface area contributed by atoms with E-state index in [1.165, 1.54) is 18.2 Å². The van der Waals surface area contributed by atoms with Crippen molar-refractivity contribution in [3.63, 3.8) is 0 Å². The summed E-state index contributed by atoms with van der Waals surface area (Å²) in [6.07, 6.45) is 8.51. The minimum Gasteiger partial charge on any atom is -0.393 e. The zero-order valence-corrected chi connectivity index (χ0v) is 19.7. The van der Waals surface area contributed by atoms with Crippen molar-refractivity contribution < 1.29 is 13.9 Å². The number of nitrogens with zero attached hydrogens (tertiary/aromatic N) is 6. The van der Waals surface area contributed by atoms with Crippen LogP contribution in [0.25, 0.3) is 16.9 Å². The number of rotatable bonds is 4. The van der Waals surface area contributed by atoms with Gasteiger partial charge < -0.3 is 14.9 Å². The molecule has 3 aromatic heterocycles. The summed E-state index contributed by atoms with van der Waals surface area (Å²) in [5.41, 5.74) is 3.17. The summed E-state index contributed by atoms with van der Waals surface area (Å²) >= 11 is 0. The quantitative estimate of drug-likeness (QED) is 0.465. The van der Waals surface area contributed by atoms with E-state index < -0.39 is 11.4 Å². The minimum absolute atomic E-state index is 0.217. The van der Waals surface area contributed by atoms with E-state index in [-0.39, 0.29) is 11.9 Å². The van der Waals surface area contributed by atoms with Crippen LogP contribution in [-0.4, -0.2) is 50.4 Å². The number of anilines is 2. The van der Waals surface area contributed by atoms with Gasteiger partial charge in [0.05, 0.1) is 41.0 Å². The number of hydrogen-bond acceptors (Lipinski definition) is 6. The van der Waals surface area contributed by atoms with Crippen LogP contribution in [0.15, 0.2) is 55.0 Å².